The number of likely N-dealkylation sites (N-methyl/N-ethyl adjacent to an activating group) is 1. The number of halogens is 1. The van der Waals surface area contributed by atoms with Crippen LogP contribution in [0.5, 0.6) is 17.2 Å². The maximum atomic E-state index is 14.1. The minimum Gasteiger partial charge on any atom is -0.508 e. The zero-order chi connectivity index (χ0) is 27.5. The Morgan fingerprint density at radius 2 is 1.57 bits per heavy atom. The Labute approximate surface area is 244 Å². The summed E-state index contributed by atoms with van der Waals surface area (Å²) in [5.41, 5.74) is 0.518. The van der Waals surface area contributed by atoms with Crippen LogP contribution in [0.25, 0.3) is 0 Å². The molecule has 1 spiro atoms. The van der Waals surface area contributed by atoms with E-state index in [1.54, 1.807) is 24.3 Å². The van der Waals surface area contributed by atoms with Gasteiger partial charge in [0.2, 0.25) is 0 Å². The summed E-state index contributed by atoms with van der Waals surface area (Å²) in [6.45, 7) is 5.29. The summed E-state index contributed by atoms with van der Waals surface area (Å²) in [4.78, 5) is 30.4. The lowest BCUT2D eigenvalue weighted by Crippen LogP contribution is -2.81. The van der Waals surface area contributed by atoms with Crippen molar-refractivity contribution in [2.75, 3.05) is 26.7 Å². The number of phenolic OH excluding ortho intramolecular Hbond substituents is 1. The molecule has 2 aromatic rings. The standard InChI is InChI=1S/C32H43N3O4.ClH/c1-3-4-22-35(2)30(37)29(25-8-6-5-7-9-25)33-31(38)32(35)18-20-34(21-19-32)23-24-10-14-27(15-11-24)39-28-16-12-26(36)13-17-28;/h10-17,25,29H,3-9,18-23H2,1-2H3,(H-,33,36,38);1H/p+1/t29-,35?;/m0./s1. The molecule has 2 aromatic carbocycles. The second-order valence-corrected chi connectivity index (χ2v) is 12.0. The second-order valence-electron chi connectivity index (χ2n) is 12.0. The number of nitrogens with one attached hydrogen (secondary N) is 1. The number of hydrogen-bond acceptors (Lipinski definition) is 5. The van der Waals surface area contributed by atoms with Crippen molar-refractivity contribution in [1.29, 1.82) is 0 Å². The van der Waals surface area contributed by atoms with E-state index in [1.807, 2.05) is 12.1 Å². The van der Waals surface area contributed by atoms with E-state index in [1.165, 1.54) is 12.0 Å². The fourth-order valence-corrected chi connectivity index (χ4v) is 7.04. The molecule has 2 amide bonds. The maximum absolute atomic E-state index is 14.1. The zero-order valence-electron chi connectivity index (χ0n) is 23.9. The average molecular weight is 571 g/mol. The predicted molar refractivity (Wildman–Crippen MR) is 159 cm³/mol. The van der Waals surface area contributed by atoms with Crippen LogP contribution in [0.1, 0.15) is 70.3 Å². The Kier molecular flexibility index (Phi) is 9.80. The van der Waals surface area contributed by atoms with E-state index in [2.05, 4.69) is 36.3 Å². The molecule has 0 aromatic heterocycles. The van der Waals surface area contributed by atoms with Gasteiger partial charge in [-0.2, -0.15) is 0 Å². The van der Waals surface area contributed by atoms with Gasteiger partial charge in [0.15, 0.2) is 5.54 Å². The van der Waals surface area contributed by atoms with E-state index < -0.39 is 5.54 Å². The van der Waals surface area contributed by atoms with Crippen LogP contribution in [0.4, 0.5) is 0 Å². The number of rotatable bonds is 8. The van der Waals surface area contributed by atoms with E-state index in [9.17, 15) is 14.7 Å². The first-order valence-corrected chi connectivity index (χ1v) is 14.8. The van der Waals surface area contributed by atoms with Crippen molar-refractivity contribution in [3.63, 3.8) is 0 Å². The number of piperidine rings is 1. The van der Waals surface area contributed by atoms with Crippen molar-refractivity contribution in [2.45, 2.75) is 82.8 Å². The SMILES string of the molecule is CCCC[N+]1(C)C(=O)[C@H](C2CCCCC2)NC(=O)C12CCN(Cc1ccc(Oc3ccc(O)cc3)cc1)CC2.Cl. The van der Waals surface area contributed by atoms with E-state index >= 15 is 0 Å². The van der Waals surface area contributed by atoms with Gasteiger partial charge in [0.25, 0.3) is 5.91 Å². The molecule has 7 nitrogen and oxygen atoms in total. The molecule has 2 N–H and O–H groups in total. The molecule has 0 bridgehead atoms. The van der Waals surface area contributed by atoms with Gasteiger partial charge in [-0.15, -0.1) is 12.4 Å². The molecule has 3 aliphatic rings. The number of quaternary nitrogens is 1. The average Bonchev–Trinajstić information content (AvgIpc) is 2.96. The normalized spacial score (nSPS) is 25.3. The Morgan fingerprint density at radius 3 is 2.17 bits per heavy atom. The summed E-state index contributed by atoms with van der Waals surface area (Å²) >= 11 is 0. The minimum absolute atomic E-state index is 0. The molecule has 1 aliphatic carbocycles. The highest BCUT2D eigenvalue weighted by Crippen LogP contribution is 2.41. The summed E-state index contributed by atoms with van der Waals surface area (Å²) in [5, 5.41) is 12.7. The van der Waals surface area contributed by atoms with Gasteiger partial charge in [0, 0.05) is 32.5 Å². The maximum Gasteiger partial charge on any atom is 0.337 e. The number of likely N-dealkylation sites (tertiary alicyclic amines) is 1. The number of piperazine rings is 1. The van der Waals surface area contributed by atoms with Gasteiger partial charge >= 0.3 is 5.91 Å². The van der Waals surface area contributed by atoms with Crippen LogP contribution in [0.2, 0.25) is 0 Å². The highest BCUT2D eigenvalue weighted by molar-refractivity contribution is 5.95. The monoisotopic (exact) mass is 570 g/mol. The molecule has 8 heteroatoms. The predicted octanol–water partition coefficient (Wildman–Crippen LogP) is 5.79. The second kappa shape index (κ2) is 12.9. The highest BCUT2D eigenvalue weighted by Gasteiger charge is 2.64. The smallest absolute Gasteiger partial charge is 0.337 e. The third-order valence-corrected chi connectivity index (χ3v) is 9.57. The molecule has 1 saturated carbocycles. The van der Waals surface area contributed by atoms with Gasteiger partial charge in [-0.05, 0) is 67.1 Å². The van der Waals surface area contributed by atoms with Gasteiger partial charge in [0.1, 0.15) is 23.3 Å². The number of hydrogen-bond donors (Lipinski definition) is 2. The van der Waals surface area contributed by atoms with E-state index in [0.717, 1.165) is 70.5 Å². The van der Waals surface area contributed by atoms with Crippen molar-refractivity contribution >= 4 is 24.2 Å². The topological polar surface area (TPSA) is 78.9 Å². The van der Waals surface area contributed by atoms with Crippen molar-refractivity contribution < 1.29 is 23.9 Å². The molecule has 2 heterocycles. The summed E-state index contributed by atoms with van der Waals surface area (Å²) in [5.74, 6) is 2.27. The van der Waals surface area contributed by atoms with Crippen LogP contribution >= 0.6 is 12.4 Å². The molecule has 0 radical (unpaired) electrons. The van der Waals surface area contributed by atoms with Crippen molar-refractivity contribution in [3.8, 4) is 17.2 Å². The van der Waals surface area contributed by atoms with Gasteiger partial charge in [-0.3, -0.25) is 9.69 Å². The molecule has 3 fully saturated rings. The Hall–Kier alpha value is -2.61. The quantitative estimate of drug-likeness (QED) is 0.393. The first-order valence-electron chi connectivity index (χ1n) is 14.8. The Balaban J connectivity index is 0.00000370. The molecule has 218 valence electrons. The van der Waals surface area contributed by atoms with Crippen LogP contribution in [0.15, 0.2) is 48.5 Å². The largest absolute Gasteiger partial charge is 0.508 e. The number of benzene rings is 2. The van der Waals surface area contributed by atoms with Crippen LogP contribution in [0.3, 0.4) is 0 Å². The summed E-state index contributed by atoms with van der Waals surface area (Å²) in [6.07, 6.45) is 9.02. The fraction of sp³-hybridized carbons (Fsp3) is 0.562. The van der Waals surface area contributed by atoms with Gasteiger partial charge in [-0.25, -0.2) is 9.28 Å². The van der Waals surface area contributed by atoms with Crippen molar-refractivity contribution in [3.05, 3.63) is 54.1 Å². The van der Waals surface area contributed by atoms with Crippen LogP contribution in [-0.4, -0.2) is 64.6 Å². The molecule has 2 saturated heterocycles. The van der Waals surface area contributed by atoms with Gasteiger partial charge in [0.05, 0.1) is 13.6 Å². The molecule has 1 unspecified atom stereocenters. The number of ether oxygens (including phenoxy) is 1. The van der Waals surface area contributed by atoms with Crippen molar-refractivity contribution in [2.24, 2.45) is 5.92 Å². The van der Waals surface area contributed by atoms with Gasteiger partial charge < -0.3 is 15.2 Å². The lowest BCUT2D eigenvalue weighted by Gasteiger charge is -2.55. The number of aromatic hydroxyl groups is 1. The molecular weight excluding hydrogens is 526 g/mol. The zero-order valence-corrected chi connectivity index (χ0v) is 24.8. The molecule has 5 rings (SSSR count). The number of carbonyl (C=O) groups is 2. The fourth-order valence-electron chi connectivity index (χ4n) is 7.04. The number of amides is 2. The lowest BCUT2D eigenvalue weighted by molar-refractivity contribution is -0.883. The van der Waals surface area contributed by atoms with Crippen LogP contribution in [-0.2, 0) is 16.1 Å². The van der Waals surface area contributed by atoms with Crippen LogP contribution < -0.4 is 10.1 Å². The summed E-state index contributed by atoms with van der Waals surface area (Å²) in [7, 11) is 2.06. The van der Waals surface area contributed by atoms with E-state index in [-0.39, 0.29) is 46.4 Å². The number of nitrogens with zero attached hydrogens (tertiary/aromatic N) is 2. The van der Waals surface area contributed by atoms with E-state index in [4.69, 9.17) is 4.74 Å². The van der Waals surface area contributed by atoms with E-state index in [0.29, 0.717) is 18.6 Å². The number of carbonyl (C=O) groups excluding carboxylic acids is 2. The van der Waals surface area contributed by atoms with Gasteiger partial charge in [-0.1, -0.05) is 44.7 Å². The first-order chi connectivity index (χ1) is 18.8. The van der Waals surface area contributed by atoms with Crippen LogP contribution in [0, 0.1) is 5.92 Å². The van der Waals surface area contributed by atoms with Crippen molar-refractivity contribution in [1.82, 2.24) is 10.2 Å². The first kappa shape index (κ1) is 30.4. The highest BCUT2D eigenvalue weighted by atomic mass is 35.5. The Morgan fingerprint density at radius 1 is 0.975 bits per heavy atom. The third-order valence-electron chi connectivity index (χ3n) is 9.57. The summed E-state index contributed by atoms with van der Waals surface area (Å²) < 4.78 is 6.15. The summed E-state index contributed by atoms with van der Waals surface area (Å²) in [6, 6.07) is 14.4. The minimum atomic E-state index is -0.671. The number of phenols is 1. The third kappa shape index (κ3) is 6.02. The molecule has 2 aliphatic heterocycles. The number of unbranched alkanes of at least 4 members (excludes halogenated alkanes) is 1. The molecular formula is C32H45ClN3O4+. The molecule has 2 atom stereocenters. The molecule has 40 heavy (non-hydrogen) atoms. The lowest BCUT2D eigenvalue weighted by atomic mass is 9.75. The Bertz CT molecular complexity index is 1140.